The Bertz CT molecular complexity index is 1030. The van der Waals surface area contributed by atoms with Crippen LogP contribution in [0.2, 0.25) is 0 Å². The molecule has 0 unspecified atom stereocenters. The second-order valence-electron chi connectivity index (χ2n) is 6.59. The molecule has 1 saturated heterocycles. The zero-order valence-corrected chi connectivity index (χ0v) is 17.1. The lowest BCUT2D eigenvalue weighted by Crippen LogP contribution is -2.27. The Morgan fingerprint density at radius 3 is 2.48 bits per heavy atom. The van der Waals surface area contributed by atoms with Crippen molar-refractivity contribution in [1.29, 1.82) is 0 Å². The van der Waals surface area contributed by atoms with Crippen molar-refractivity contribution >= 4 is 49.9 Å². The van der Waals surface area contributed by atoms with E-state index in [1.807, 2.05) is 48.5 Å². The predicted octanol–water partition coefficient (Wildman–Crippen LogP) is 5.59. The van der Waals surface area contributed by atoms with Crippen molar-refractivity contribution in [3.05, 3.63) is 76.3 Å². The maximum Gasteiger partial charge on any atom is 0.343 e. The zero-order chi connectivity index (χ0) is 18.8. The van der Waals surface area contributed by atoms with Crippen molar-refractivity contribution in [2.45, 2.75) is 12.8 Å². The van der Waals surface area contributed by atoms with E-state index in [0.717, 1.165) is 51.7 Å². The lowest BCUT2D eigenvalue weighted by molar-refractivity contribution is 0.0734. The Labute approximate surface area is 172 Å². The molecular weight excluding hydrogens is 422 g/mol. The Balaban J connectivity index is 1.62. The first-order valence-corrected chi connectivity index (χ1v) is 10.1. The van der Waals surface area contributed by atoms with Crippen LogP contribution < -0.4 is 4.74 Å². The van der Waals surface area contributed by atoms with Crippen molar-refractivity contribution in [3.63, 3.8) is 0 Å². The van der Waals surface area contributed by atoms with Gasteiger partial charge in [0.2, 0.25) is 0 Å². The van der Waals surface area contributed by atoms with Crippen molar-refractivity contribution in [2.24, 2.45) is 0 Å². The van der Waals surface area contributed by atoms with E-state index in [9.17, 15) is 4.79 Å². The number of fused-ring (bicyclic) bond motifs is 1. The molecule has 3 aromatic carbocycles. The summed E-state index contributed by atoms with van der Waals surface area (Å²) in [5, 5.41) is 2.10. The second-order valence-corrected chi connectivity index (χ2v) is 7.89. The number of thiocarbonyl (C=S) groups is 1. The number of likely N-dealkylation sites (tertiary alicyclic amines) is 1. The van der Waals surface area contributed by atoms with Crippen molar-refractivity contribution in [3.8, 4) is 5.75 Å². The third kappa shape index (κ3) is 3.89. The molecule has 1 aliphatic heterocycles. The number of rotatable bonds is 3. The molecule has 5 heteroatoms. The van der Waals surface area contributed by atoms with Crippen LogP contribution in [0.3, 0.4) is 0 Å². The lowest BCUT2D eigenvalue weighted by atomic mass is 10.1. The molecule has 0 aliphatic carbocycles. The SMILES string of the molecule is O=C(Oc1ccc(Br)cc1C(=S)N1CCCC1)c1ccc2ccccc2c1. The molecule has 0 amide bonds. The highest BCUT2D eigenvalue weighted by molar-refractivity contribution is 9.10. The fraction of sp³-hybridized carbons (Fsp3) is 0.182. The van der Waals surface area contributed by atoms with E-state index >= 15 is 0 Å². The quantitative estimate of drug-likeness (QED) is 0.302. The summed E-state index contributed by atoms with van der Waals surface area (Å²) in [4.78, 5) is 15.7. The normalized spacial score (nSPS) is 13.7. The van der Waals surface area contributed by atoms with Crippen LogP contribution in [0.5, 0.6) is 5.75 Å². The van der Waals surface area contributed by atoms with Crippen LogP contribution in [0.15, 0.2) is 65.1 Å². The van der Waals surface area contributed by atoms with Gasteiger partial charge in [-0.15, -0.1) is 0 Å². The Kier molecular flexibility index (Phi) is 5.23. The number of esters is 1. The number of carbonyl (C=O) groups excluding carboxylic acids is 1. The fourth-order valence-corrected chi connectivity index (χ4v) is 4.03. The van der Waals surface area contributed by atoms with Crippen LogP contribution in [0.1, 0.15) is 28.8 Å². The molecule has 3 aromatic rings. The van der Waals surface area contributed by atoms with Crippen molar-refractivity contribution in [2.75, 3.05) is 13.1 Å². The lowest BCUT2D eigenvalue weighted by Gasteiger charge is -2.20. The summed E-state index contributed by atoms with van der Waals surface area (Å²) in [5.41, 5.74) is 1.30. The van der Waals surface area contributed by atoms with E-state index < -0.39 is 0 Å². The largest absolute Gasteiger partial charge is 0.422 e. The van der Waals surface area contributed by atoms with E-state index in [1.165, 1.54) is 0 Å². The monoisotopic (exact) mass is 439 g/mol. The maximum atomic E-state index is 12.7. The van der Waals surface area contributed by atoms with Gasteiger partial charge in [-0.3, -0.25) is 0 Å². The average Bonchev–Trinajstić information content (AvgIpc) is 3.23. The molecule has 136 valence electrons. The molecule has 27 heavy (non-hydrogen) atoms. The van der Waals surface area contributed by atoms with Gasteiger partial charge in [0.05, 0.1) is 11.1 Å². The number of benzene rings is 3. The highest BCUT2D eigenvalue weighted by Crippen LogP contribution is 2.28. The Hall–Kier alpha value is -2.24. The summed E-state index contributed by atoms with van der Waals surface area (Å²) >= 11 is 9.17. The van der Waals surface area contributed by atoms with Crippen LogP contribution in [-0.2, 0) is 0 Å². The molecule has 0 spiro atoms. The van der Waals surface area contributed by atoms with E-state index in [-0.39, 0.29) is 5.97 Å². The summed E-state index contributed by atoms with van der Waals surface area (Å²) in [5.74, 6) is 0.113. The molecular formula is C22H18BrNO2S. The number of hydrogen-bond donors (Lipinski definition) is 0. The third-order valence-electron chi connectivity index (χ3n) is 4.75. The van der Waals surface area contributed by atoms with Crippen LogP contribution in [0.25, 0.3) is 10.8 Å². The van der Waals surface area contributed by atoms with Crippen LogP contribution in [-0.4, -0.2) is 28.9 Å². The van der Waals surface area contributed by atoms with E-state index in [0.29, 0.717) is 11.3 Å². The minimum absolute atomic E-state index is 0.381. The Morgan fingerprint density at radius 2 is 1.70 bits per heavy atom. The van der Waals surface area contributed by atoms with Crippen LogP contribution in [0.4, 0.5) is 0 Å². The molecule has 0 radical (unpaired) electrons. The fourth-order valence-electron chi connectivity index (χ4n) is 3.32. The van der Waals surface area contributed by atoms with Gasteiger partial charge in [0, 0.05) is 17.6 Å². The van der Waals surface area contributed by atoms with E-state index in [4.69, 9.17) is 17.0 Å². The van der Waals surface area contributed by atoms with Crippen LogP contribution >= 0.6 is 28.1 Å². The number of nitrogens with zero attached hydrogens (tertiary/aromatic N) is 1. The summed E-state index contributed by atoms with van der Waals surface area (Å²) in [6.07, 6.45) is 2.28. The van der Waals surface area contributed by atoms with Gasteiger partial charge in [-0.1, -0.05) is 58.5 Å². The number of ether oxygens (including phenoxy) is 1. The first kappa shape index (κ1) is 18.1. The molecule has 4 rings (SSSR count). The molecule has 1 aliphatic rings. The van der Waals surface area contributed by atoms with Gasteiger partial charge >= 0.3 is 5.97 Å². The van der Waals surface area contributed by atoms with E-state index in [2.05, 4.69) is 20.8 Å². The average molecular weight is 440 g/mol. The van der Waals surface area contributed by atoms with Crippen molar-refractivity contribution in [1.82, 2.24) is 4.90 Å². The topological polar surface area (TPSA) is 29.5 Å². The van der Waals surface area contributed by atoms with Crippen molar-refractivity contribution < 1.29 is 9.53 Å². The highest BCUT2D eigenvalue weighted by Gasteiger charge is 2.21. The second kappa shape index (κ2) is 7.79. The number of halogens is 1. The summed E-state index contributed by atoms with van der Waals surface area (Å²) in [6.45, 7) is 1.90. The number of hydrogen-bond acceptors (Lipinski definition) is 3. The minimum atomic E-state index is -0.381. The minimum Gasteiger partial charge on any atom is -0.422 e. The van der Waals surface area contributed by atoms with Crippen LogP contribution in [0, 0.1) is 0 Å². The maximum absolute atomic E-state index is 12.7. The summed E-state index contributed by atoms with van der Waals surface area (Å²) < 4.78 is 6.65. The predicted molar refractivity (Wildman–Crippen MR) is 116 cm³/mol. The molecule has 0 bridgehead atoms. The molecule has 0 atom stereocenters. The smallest absolute Gasteiger partial charge is 0.343 e. The van der Waals surface area contributed by atoms with Gasteiger partial charge in [0.15, 0.2) is 0 Å². The zero-order valence-electron chi connectivity index (χ0n) is 14.7. The van der Waals surface area contributed by atoms with Gasteiger partial charge in [0.25, 0.3) is 0 Å². The van der Waals surface area contributed by atoms with Gasteiger partial charge in [0.1, 0.15) is 10.7 Å². The Morgan fingerprint density at radius 1 is 0.963 bits per heavy atom. The van der Waals surface area contributed by atoms with Gasteiger partial charge in [-0.05, 0) is 53.9 Å². The molecule has 0 saturated carbocycles. The molecule has 1 heterocycles. The first-order chi connectivity index (χ1) is 13.1. The standard InChI is InChI=1S/C22H18BrNO2S/c23-18-9-10-20(19(14-18)21(27)24-11-3-4-12-24)26-22(25)17-8-7-15-5-1-2-6-16(15)13-17/h1-2,5-10,13-14H,3-4,11-12H2. The molecule has 0 aromatic heterocycles. The highest BCUT2D eigenvalue weighted by atomic mass is 79.9. The molecule has 3 nitrogen and oxygen atoms in total. The van der Waals surface area contributed by atoms with Gasteiger partial charge in [-0.2, -0.15) is 0 Å². The van der Waals surface area contributed by atoms with E-state index in [1.54, 1.807) is 12.1 Å². The summed E-state index contributed by atoms with van der Waals surface area (Å²) in [7, 11) is 0. The molecule has 1 fully saturated rings. The van der Waals surface area contributed by atoms with Gasteiger partial charge < -0.3 is 9.64 Å². The molecule has 0 N–H and O–H groups in total. The first-order valence-electron chi connectivity index (χ1n) is 8.91. The summed E-state index contributed by atoms with van der Waals surface area (Å²) in [6, 6.07) is 19.1. The van der Waals surface area contributed by atoms with Gasteiger partial charge in [-0.25, -0.2) is 4.79 Å². The third-order valence-corrected chi connectivity index (χ3v) is 5.72. The number of carbonyl (C=O) groups is 1.